The number of carbonyl (C=O) groups excluding carboxylic acids is 3. The molecule has 0 radical (unpaired) electrons. The van der Waals surface area contributed by atoms with Crippen LogP contribution < -0.4 is 20.3 Å². The zero-order valence-corrected chi connectivity index (χ0v) is 40.1. The van der Waals surface area contributed by atoms with Crippen molar-refractivity contribution in [1.82, 2.24) is 25.5 Å². The van der Waals surface area contributed by atoms with Crippen molar-refractivity contribution in [2.45, 2.75) is 65.0 Å². The second kappa shape index (κ2) is 24.5. The van der Waals surface area contributed by atoms with Crippen molar-refractivity contribution in [3.63, 3.8) is 0 Å². The van der Waals surface area contributed by atoms with E-state index in [1.807, 2.05) is 102 Å². The fourth-order valence-electron chi connectivity index (χ4n) is 7.45. The number of pyridine rings is 1. The number of carbonyl (C=O) groups is 3. The van der Waals surface area contributed by atoms with E-state index in [9.17, 15) is 24.6 Å². The molecule has 0 bridgehead atoms. The second-order valence-electron chi connectivity index (χ2n) is 17.8. The number of β-amino-alcohol motifs (C(OH)–C–C–N with tert-alkyl or cyclic N) is 1. The molecule has 360 valence electrons. The number of hydrogen-bond acceptors (Lipinski definition) is 14. The van der Waals surface area contributed by atoms with Gasteiger partial charge in [0.1, 0.15) is 37.2 Å². The van der Waals surface area contributed by atoms with E-state index in [0.29, 0.717) is 25.6 Å². The summed E-state index contributed by atoms with van der Waals surface area (Å²) in [6.45, 7) is 9.11. The Bertz CT molecular complexity index is 2370. The number of likely N-dealkylation sites (tertiary alicyclic amines) is 1. The Hall–Kier alpha value is -5.53. The van der Waals surface area contributed by atoms with Gasteiger partial charge in [-0.1, -0.05) is 63.2 Å². The Kier molecular flexibility index (Phi) is 18.6. The number of ether oxygens (including phenoxy) is 5. The molecule has 1 aliphatic rings. The summed E-state index contributed by atoms with van der Waals surface area (Å²) >= 11 is 1.57. The van der Waals surface area contributed by atoms with E-state index < -0.39 is 41.5 Å². The van der Waals surface area contributed by atoms with Crippen LogP contribution in [0.2, 0.25) is 0 Å². The first-order valence-electron chi connectivity index (χ1n) is 22.5. The van der Waals surface area contributed by atoms with Crippen molar-refractivity contribution >= 4 is 45.6 Å². The van der Waals surface area contributed by atoms with Crippen LogP contribution in [0.3, 0.4) is 0 Å². The second-order valence-corrected chi connectivity index (χ2v) is 18.6. The number of thiazole rings is 1. The quantitative estimate of drug-likeness (QED) is 0.0604. The van der Waals surface area contributed by atoms with Gasteiger partial charge in [0, 0.05) is 50.2 Å². The first-order valence-corrected chi connectivity index (χ1v) is 23.4. The summed E-state index contributed by atoms with van der Waals surface area (Å²) in [5, 5.41) is 27.5. The molecule has 67 heavy (non-hydrogen) atoms. The maximum atomic E-state index is 13.9. The maximum absolute atomic E-state index is 13.9. The number of benzene rings is 3. The van der Waals surface area contributed by atoms with Crippen LogP contribution >= 0.6 is 11.3 Å². The van der Waals surface area contributed by atoms with Gasteiger partial charge >= 0.3 is 0 Å². The van der Waals surface area contributed by atoms with E-state index in [2.05, 4.69) is 44.8 Å². The number of anilines is 1. The molecule has 3 amide bonds. The van der Waals surface area contributed by atoms with E-state index in [1.54, 1.807) is 11.3 Å². The van der Waals surface area contributed by atoms with E-state index in [1.165, 1.54) is 4.90 Å². The van der Waals surface area contributed by atoms with Gasteiger partial charge < -0.3 is 54.3 Å². The number of aromatic nitrogens is 2. The van der Waals surface area contributed by atoms with Crippen LogP contribution in [0.15, 0.2) is 84.4 Å². The van der Waals surface area contributed by atoms with Gasteiger partial charge in [-0.05, 0) is 59.9 Å². The lowest BCUT2D eigenvalue weighted by Gasteiger charge is -2.35. The lowest BCUT2D eigenvalue weighted by Crippen LogP contribution is -2.58. The first kappa shape index (κ1) is 50.9. The van der Waals surface area contributed by atoms with Crippen molar-refractivity contribution in [3.8, 4) is 27.4 Å². The van der Waals surface area contributed by atoms with Crippen LogP contribution in [-0.4, -0.2) is 147 Å². The van der Waals surface area contributed by atoms with Crippen LogP contribution in [0.1, 0.15) is 38.4 Å². The third-order valence-electron chi connectivity index (χ3n) is 11.2. The van der Waals surface area contributed by atoms with E-state index in [-0.39, 0.29) is 65.1 Å². The van der Waals surface area contributed by atoms with Gasteiger partial charge in [0.15, 0.2) is 0 Å². The molecule has 17 heteroatoms. The molecule has 1 unspecified atom stereocenters. The molecule has 4 atom stereocenters. The van der Waals surface area contributed by atoms with Gasteiger partial charge in [-0.3, -0.25) is 14.4 Å². The van der Waals surface area contributed by atoms with Gasteiger partial charge in [0.2, 0.25) is 17.7 Å². The molecule has 0 spiro atoms. The number of aliphatic hydroxyl groups excluding tert-OH is 2. The zero-order chi connectivity index (χ0) is 47.9. The van der Waals surface area contributed by atoms with Gasteiger partial charge in [0.25, 0.3) is 0 Å². The number of nitrogens with one attached hydrogen (secondary N) is 2. The summed E-state index contributed by atoms with van der Waals surface area (Å²) in [5.74, 6) is -0.689. The molecule has 16 nitrogen and oxygen atoms in total. The fraction of sp³-hybridized carbons (Fsp3) is 0.460. The number of amides is 3. The summed E-state index contributed by atoms with van der Waals surface area (Å²) in [6.07, 6.45) is -1.60. The lowest BCUT2D eigenvalue weighted by atomic mass is 9.85. The minimum atomic E-state index is -0.970. The summed E-state index contributed by atoms with van der Waals surface area (Å²) in [7, 11) is 4.02. The van der Waals surface area contributed by atoms with Gasteiger partial charge in [0.05, 0.1) is 79.6 Å². The van der Waals surface area contributed by atoms with Crippen molar-refractivity contribution in [2.75, 3.05) is 85.0 Å². The molecule has 1 aliphatic heterocycles. The topological polar surface area (TPSA) is 194 Å². The molecule has 3 heterocycles. The largest absolute Gasteiger partial charge is 0.491 e. The molecule has 1 fully saturated rings. The van der Waals surface area contributed by atoms with Crippen molar-refractivity contribution in [3.05, 3.63) is 95.6 Å². The first-order chi connectivity index (χ1) is 32.2. The lowest BCUT2D eigenvalue weighted by molar-refractivity contribution is -0.144. The average molecular weight is 941 g/mol. The Labute approximate surface area is 396 Å². The van der Waals surface area contributed by atoms with Crippen molar-refractivity contribution in [2.24, 2.45) is 5.41 Å². The highest BCUT2D eigenvalue weighted by molar-refractivity contribution is 7.13. The highest BCUT2D eigenvalue weighted by Crippen LogP contribution is 2.29. The predicted molar refractivity (Wildman–Crippen MR) is 258 cm³/mol. The van der Waals surface area contributed by atoms with E-state index in [4.69, 9.17) is 28.7 Å². The Morgan fingerprint density at radius 1 is 0.866 bits per heavy atom. The van der Waals surface area contributed by atoms with Crippen LogP contribution in [0.4, 0.5) is 5.69 Å². The van der Waals surface area contributed by atoms with Gasteiger partial charge in [-0.15, -0.1) is 11.3 Å². The SMILES string of the molecule is Cc1ncsc1-c1ccc(CNC(=O)[C@@H]2C[C@@H](O)CN2C(=O)[C@@H](NC(=O)COCCOCCOCCOCC(O)COc2ccc3nc(-c4ccc(N(C)C)cc4)ccc3c2)C(C)(C)C)cc1. The number of aliphatic hydroxyl groups is 2. The summed E-state index contributed by atoms with van der Waals surface area (Å²) in [6, 6.07) is 23.9. The minimum Gasteiger partial charge on any atom is -0.491 e. The third-order valence-corrected chi connectivity index (χ3v) is 12.1. The number of aryl methyl sites for hydroxylation is 1. The molecule has 1 saturated heterocycles. The normalized spacial score (nSPS) is 15.9. The Morgan fingerprint density at radius 3 is 2.19 bits per heavy atom. The van der Waals surface area contributed by atoms with E-state index >= 15 is 0 Å². The predicted octanol–water partition coefficient (Wildman–Crippen LogP) is 5.01. The molecule has 3 aromatic carbocycles. The monoisotopic (exact) mass is 940 g/mol. The molecular formula is C50H64N6O10S. The number of rotatable bonds is 24. The maximum Gasteiger partial charge on any atom is 0.246 e. The number of fused-ring (bicyclic) bond motifs is 1. The highest BCUT2D eigenvalue weighted by atomic mass is 32.1. The number of hydrogen-bond donors (Lipinski definition) is 4. The Morgan fingerprint density at radius 2 is 1.54 bits per heavy atom. The Balaban J connectivity index is 0.804. The standard InChI is InChI=1S/C50H64N6O10S/c1-33-46(67-32-52-33)36-9-7-34(8-10-36)27-51-48(60)44-26-39(57)28-56(44)49(61)47(50(2,3)4)54-45(59)31-65-24-22-63-20-19-62-21-23-64-29-40(58)30-66-41-16-18-43-37(25-41)13-17-42(53-43)35-11-14-38(15-12-35)55(5)6/h7-18,25,32,39-40,44,47,57-58H,19-24,26-31H2,1-6H3,(H,51,60)(H,54,59)/t39-,40?,44+,47-/m1/s1. The number of nitrogens with zero attached hydrogens (tertiary/aromatic N) is 4. The molecule has 0 saturated carbocycles. The molecule has 2 aromatic heterocycles. The minimum absolute atomic E-state index is 0.0203. The van der Waals surface area contributed by atoms with Crippen molar-refractivity contribution < 1.29 is 48.3 Å². The zero-order valence-electron chi connectivity index (χ0n) is 39.2. The molecule has 6 rings (SSSR count). The van der Waals surface area contributed by atoms with Gasteiger partial charge in [-0.25, -0.2) is 9.97 Å². The summed E-state index contributed by atoms with van der Waals surface area (Å²) in [4.78, 5) is 53.9. The van der Waals surface area contributed by atoms with Crippen LogP contribution in [0, 0.1) is 12.3 Å². The summed E-state index contributed by atoms with van der Waals surface area (Å²) < 4.78 is 28.0. The molecular weight excluding hydrogens is 877 g/mol. The van der Waals surface area contributed by atoms with Crippen LogP contribution in [0.5, 0.6) is 5.75 Å². The van der Waals surface area contributed by atoms with E-state index in [0.717, 1.165) is 49.5 Å². The summed E-state index contributed by atoms with van der Waals surface area (Å²) in [5.41, 5.74) is 7.91. The third kappa shape index (κ3) is 15.0. The average Bonchev–Trinajstić information content (AvgIpc) is 3.93. The highest BCUT2D eigenvalue weighted by Gasteiger charge is 2.44. The van der Waals surface area contributed by atoms with Crippen LogP contribution in [0.25, 0.3) is 32.6 Å². The van der Waals surface area contributed by atoms with Gasteiger partial charge in [-0.2, -0.15) is 0 Å². The molecule has 5 aromatic rings. The molecule has 4 N–H and O–H groups in total. The van der Waals surface area contributed by atoms with Crippen LogP contribution in [-0.2, 0) is 39.9 Å². The smallest absolute Gasteiger partial charge is 0.246 e. The van der Waals surface area contributed by atoms with Crippen molar-refractivity contribution in [1.29, 1.82) is 0 Å². The molecule has 0 aliphatic carbocycles. The fourth-order valence-corrected chi connectivity index (χ4v) is 8.26.